The van der Waals surface area contributed by atoms with Crippen LogP contribution < -0.4 is 9.64 Å². The molecule has 0 spiro atoms. The zero-order valence-electron chi connectivity index (χ0n) is 8.33. The maximum atomic E-state index is 6.00. The summed E-state index contributed by atoms with van der Waals surface area (Å²) in [7, 11) is 3.87. The van der Waals surface area contributed by atoms with Crippen LogP contribution in [0, 0.1) is 0 Å². The molecule has 0 atom stereocenters. The van der Waals surface area contributed by atoms with Crippen LogP contribution in [-0.4, -0.2) is 25.2 Å². The minimum atomic E-state index is 0.382. The number of nitrogens with zero attached hydrogens (tertiary/aromatic N) is 2. The number of anilines is 1. The first-order valence-electron chi connectivity index (χ1n) is 4.67. The van der Waals surface area contributed by atoms with Gasteiger partial charge in [-0.1, -0.05) is 11.6 Å². The SMILES string of the molecule is CN(C)c1c(OC2CC2)ccnc1Cl. The second-order valence-electron chi connectivity index (χ2n) is 3.66. The van der Waals surface area contributed by atoms with Crippen LogP contribution in [0.3, 0.4) is 0 Å². The largest absolute Gasteiger partial charge is 0.488 e. The predicted molar refractivity (Wildman–Crippen MR) is 57.2 cm³/mol. The standard InChI is InChI=1S/C10H13ClN2O/c1-13(2)9-8(14-7-3-4-7)5-6-12-10(9)11/h5-7H,3-4H2,1-2H3. The second-order valence-corrected chi connectivity index (χ2v) is 4.02. The number of ether oxygens (including phenoxy) is 1. The van der Waals surface area contributed by atoms with Crippen molar-refractivity contribution in [3.8, 4) is 5.75 Å². The maximum Gasteiger partial charge on any atom is 0.156 e. The highest BCUT2D eigenvalue weighted by Crippen LogP contribution is 2.36. The van der Waals surface area contributed by atoms with E-state index in [0.29, 0.717) is 11.3 Å². The molecule has 0 bridgehead atoms. The van der Waals surface area contributed by atoms with Crippen LogP contribution in [0.4, 0.5) is 5.69 Å². The number of hydrogen-bond acceptors (Lipinski definition) is 3. The van der Waals surface area contributed by atoms with E-state index in [1.807, 2.05) is 25.1 Å². The van der Waals surface area contributed by atoms with Gasteiger partial charge >= 0.3 is 0 Å². The van der Waals surface area contributed by atoms with Crippen LogP contribution in [0.15, 0.2) is 12.3 Å². The van der Waals surface area contributed by atoms with E-state index in [1.165, 1.54) is 0 Å². The Morgan fingerprint density at radius 1 is 1.50 bits per heavy atom. The fourth-order valence-electron chi connectivity index (χ4n) is 1.28. The third-order valence-electron chi connectivity index (χ3n) is 2.11. The molecular formula is C10H13ClN2O. The summed E-state index contributed by atoms with van der Waals surface area (Å²) in [6.45, 7) is 0. The van der Waals surface area contributed by atoms with Crippen molar-refractivity contribution >= 4 is 17.3 Å². The van der Waals surface area contributed by atoms with Crippen LogP contribution >= 0.6 is 11.6 Å². The Hall–Kier alpha value is -0.960. The molecule has 1 aliphatic carbocycles. The third-order valence-corrected chi connectivity index (χ3v) is 2.38. The fourth-order valence-corrected chi connectivity index (χ4v) is 1.60. The highest BCUT2D eigenvalue weighted by atomic mass is 35.5. The minimum absolute atomic E-state index is 0.382. The first-order valence-corrected chi connectivity index (χ1v) is 5.05. The van der Waals surface area contributed by atoms with Gasteiger partial charge in [0.2, 0.25) is 0 Å². The van der Waals surface area contributed by atoms with E-state index < -0.39 is 0 Å². The predicted octanol–water partition coefficient (Wildman–Crippen LogP) is 2.34. The highest BCUT2D eigenvalue weighted by molar-refractivity contribution is 6.32. The van der Waals surface area contributed by atoms with Gasteiger partial charge in [0.15, 0.2) is 5.15 Å². The van der Waals surface area contributed by atoms with Crippen molar-refractivity contribution in [1.82, 2.24) is 4.98 Å². The van der Waals surface area contributed by atoms with Crippen molar-refractivity contribution in [2.75, 3.05) is 19.0 Å². The highest BCUT2D eigenvalue weighted by Gasteiger charge is 2.25. The Morgan fingerprint density at radius 3 is 2.79 bits per heavy atom. The Kier molecular flexibility index (Phi) is 2.50. The molecule has 1 fully saturated rings. The van der Waals surface area contributed by atoms with E-state index in [0.717, 1.165) is 24.3 Å². The van der Waals surface area contributed by atoms with Crippen molar-refractivity contribution in [2.24, 2.45) is 0 Å². The van der Waals surface area contributed by atoms with Crippen LogP contribution in [0.2, 0.25) is 5.15 Å². The molecule has 1 aromatic rings. The lowest BCUT2D eigenvalue weighted by atomic mass is 10.3. The van der Waals surface area contributed by atoms with Crippen molar-refractivity contribution in [3.63, 3.8) is 0 Å². The molecule has 1 heterocycles. The molecule has 14 heavy (non-hydrogen) atoms. The molecule has 2 rings (SSSR count). The number of pyridine rings is 1. The van der Waals surface area contributed by atoms with Gasteiger partial charge in [-0.05, 0) is 12.8 Å². The Labute approximate surface area is 88.6 Å². The molecule has 1 aliphatic rings. The number of rotatable bonds is 3. The van der Waals surface area contributed by atoms with Gasteiger partial charge in [0, 0.05) is 26.4 Å². The molecule has 4 heteroatoms. The first-order chi connectivity index (χ1) is 6.68. The van der Waals surface area contributed by atoms with Gasteiger partial charge in [0.25, 0.3) is 0 Å². The van der Waals surface area contributed by atoms with Gasteiger partial charge in [-0.2, -0.15) is 0 Å². The van der Waals surface area contributed by atoms with Crippen LogP contribution in [0.1, 0.15) is 12.8 Å². The molecule has 1 saturated carbocycles. The Balaban J connectivity index is 2.30. The summed E-state index contributed by atoms with van der Waals surface area (Å²) in [5, 5.41) is 0.494. The van der Waals surface area contributed by atoms with E-state index in [2.05, 4.69) is 4.98 Å². The summed E-state index contributed by atoms with van der Waals surface area (Å²) >= 11 is 6.00. The minimum Gasteiger partial charge on any atom is -0.488 e. The average molecular weight is 213 g/mol. The molecule has 0 amide bonds. The molecule has 1 aromatic heterocycles. The molecule has 0 saturated heterocycles. The van der Waals surface area contributed by atoms with Crippen LogP contribution in [0.25, 0.3) is 0 Å². The second kappa shape index (κ2) is 3.65. The topological polar surface area (TPSA) is 25.4 Å². The number of aromatic nitrogens is 1. The Bertz CT molecular complexity index is 337. The van der Waals surface area contributed by atoms with Crippen molar-refractivity contribution in [3.05, 3.63) is 17.4 Å². The summed E-state index contributed by atoms with van der Waals surface area (Å²) in [6, 6.07) is 1.86. The number of hydrogen-bond donors (Lipinski definition) is 0. The van der Waals surface area contributed by atoms with Gasteiger partial charge in [-0.25, -0.2) is 4.98 Å². The lowest BCUT2D eigenvalue weighted by Gasteiger charge is -2.18. The van der Waals surface area contributed by atoms with Crippen LogP contribution in [0.5, 0.6) is 5.75 Å². The van der Waals surface area contributed by atoms with E-state index in [9.17, 15) is 0 Å². The molecular weight excluding hydrogens is 200 g/mol. The molecule has 0 N–H and O–H groups in total. The van der Waals surface area contributed by atoms with E-state index in [-0.39, 0.29) is 0 Å². The van der Waals surface area contributed by atoms with Gasteiger partial charge in [-0.3, -0.25) is 0 Å². The zero-order valence-corrected chi connectivity index (χ0v) is 9.08. The Morgan fingerprint density at radius 2 is 2.21 bits per heavy atom. The van der Waals surface area contributed by atoms with Crippen molar-refractivity contribution in [1.29, 1.82) is 0 Å². The van der Waals surface area contributed by atoms with Crippen molar-refractivity contribution < 1.29 is 4.74 Å². The lowest BCUT2D eigenvalue weighted by Crippen LogP contribution is -2.12. The van der Waals surface area contributed by atoms with Crippen molar-refractivity contribution in [2.45, 2.75) is 18.9 Å². The van der Waals surface area contributed by atoms with Crippen LogP contribution in [-0.2, 0) is 0 Å². The number of halogens is 1. The smallest absolute Gasteiger partial charge is 0.156 e. The summed E-state index contributed by atoms with van der Waals surface area (Å²) in [4.78, 5) is 5.96. The lowest BCUT2D eigenvalue weighted by molar-refractivity contribution is 0.303. The molecule has 0 unspecified atom stereocenters. The summed E-state index contributed by atoms with van der Waals surface area (Å²) in [5.41, 5.74) is 0.862. The third kappa shape index (κ3) is 1.93. The quantitative estimate of drug-likeness (QED) is 0.720. The van der Waals surface area contributed by atoms with E-state index in [4.69, 9.17) is 16.3 Å². The average Bonchev–Trinajstić information content (AvgIpc) is 2.87. The van der Waals surface area contributed by atoms with E-state index >= 15 is 0 Å². The summed E-state index contributed by atoms with van der Waals surface area (Å²) in [6.07, 6.45) is 4.35. The van der Waals surface area contributed by atoms with Gasteiger partial charge in [0.1, 0.15) is 11.4 Å². The normalized spacial score (nSPS) is 15.4. The molecule has 76 valence electrons. The van der Waals surface area contributed by atoms with Gasteiger partial charge < -0.3 is 9.64 Å². The van der Waals surface area contributed by atoms with E-state index in [1.54, 1.807) is 6.20 Å². The maximum absolute atomic E-state index is 6.00. The molecule has 0 aliphatic heterocycles. The summed E-state index contributed by atoms with van der Waals surface area (Å²) < 4.78 is 5.73. The van der Waals surface area contributed by atoms with Gasteiger partial charge in [0.05, 0.1) is 6.10 Å². The molecule has 3 nitrogen and oxygen atoms in total. The first kappa shape index (κ1) is 9.59. The monoisotopic (exact) mass is 212 g/mol. The molecule has 0 aromatic carbocycles. The summed E-state index contributed by atoms with van der Waals surface area (Å²) in [5.74, 6) is 0.831. The fraction of sp³-hybridized carbons (Fsp3) is 0.500. The zero-order chi connectivity index (χ0) is 10.1. The molecule has 0 radical (unpaired) electrons. The van der Waals surface area contributed by atoms with Gasteiger partial charge in [-0.15, -0.1) is 0 Å².